The summed E-state index contributed by atoms with van der Waals surface area (Å²) in [5.41, 5.74) is 3.62. The molecule has 0 unspecified atom stereocenters. The van der Waals surface area contributed by atoms with E-state index in [4.69, 9.17) is 0 Å². The van der Waals surface area contributed by atoms with Crippen molar-refractivity contribution in [2.24, 2.45) is 0 Å². The summed E-state index contributed by atoms with van der Waals surface area (Å²) in [5.74, 6) is 0. The zero-order valence-electron chi connectivity index (χ0n) is 6.54. The van der Waals surface area contributed by atoms with Gasteiger partial charge in [-0.3, -0.25) is 0 Å². The molecule has 1 heterocycles. The van der Waals surface area contributed by atoms with E-state index in [0.717, 1.165) is 18.5 Å². The molecule has 64 valence electrons. The Kier molecular flexibility index (Phi) is 2.58. The Labute approximate surface area is 73.4 Å². The largest absolute Gasteiger partial charge is 0.241 e. The highest BCUT2D eigenvalue weighted by Gasteiger charge is 2.09. The third kappa shape index (κ3) is 1.24. The number of allylic oxidation sites excluding steroid dienone is 1. The minimum atomic E-state index is 0. The van der Waals surface area contributed by atoms with Crippen LogP contribution in [-0.2, 0) is 12.8 Å². The van der Waals surface area contributed by atoms with Gasteiger partial charge in [0.2, 0.25) is 0 Å². The van der Waals surface area contributed by atoms with Crippen molar-refractivity contribution in [1.82, 2.24) is 9.97 Å². The Hall–Kier alpha value is -1.18. The van der Waals surface area contributed by atoms with E-state index in [9.17, 15) is 0 Å². The minimum absolute atomic E-state index is 0. The molecule has 0 spiro atoms. The number of hydrogen-bond donors (Lipinski definition) is 0. The Morgan fingerprint density at radius 2 is 2.25 bits per heavy atom. The van der Waals surface area contributed by atoms with E-state index >= 15 is 0 Å². The second kappa shape index (κ2) is 3.48. The molecule has 0 saturated carbocycles. The van der Waals surface area contributed by atoms with Crippen LogP contribution in [-0.4, -0.2) is 9.97 Å². The van der Waals surface area contributed by atoms with Crippen LogP contribution >= 0.6 is 0 Å². The Bertz CT molecular complexity index is 303. The summed E-state index contributed by atoms with van der Waals surface area (Å²) in [6, 6.07) is 0. The van der Waals surface area contributed by atoms with Crippen molar-refractivity contribution in [3.63, 3.8) is 0 Å². The van der Waals surface area contributed by atoms with Crippen LogP contribution in [0.3, 0.4) is 0 Å². The van der Waals surface area contributed by atoms with Gasteiger partial charge in [0, 0.05) is 11.3 Å². The highest BCUT2D eigenvalue weighted by molar-refractivity contribution is 5.56. The van der Waals surface area contributed by atoms with Gasteiger partial charge in [-0.25, -0.2) is 9.97 Å². The molecule has 1 aliphatic carbocycles. The van der Waals surface area contributed by atoms with Gasteiger partial charge in [-0.15, -0.1) is 0 Å². The van der Waals surface area contributed by atoms with Gasteiger partial charge in [-0.2, -0.15) is 0 Å². The summed E-state index contributed by atoms with van der Waals surface area (Å²) < 4.78 is 0. The molecule has 2 nitrogen and oxygen atoms in total. The van der Waals surface area contributed by atoms with E-state index in [-0.39, 0.29) is 7.43 Å². The van der Waals surface area contributed by atoms with Crippen LogP contribution in [0.1, 0.15) is 31.3 Å². The van der Waals surface area contributed by atoms with Crippen molar-refractivity contribution in [1.29, 1.82) is 0 Å². The second-order valence-corrected chi connectivity index (χ2v) is 2.64. The van der Waals surface area contributed by atoms with Crippen LogP contribution in [0, 0.1) is 0 Å². The SMILES string of the molecule is C.CCc1ncnc2c1CC=C2. The van der Waals surface area contributed by atoms with E-state index < -0.39 is 0 Å². The van der Waals surface area contributed by atoms with Gasteiger partial charge in [-0.05, 0) is 18.9 Å². The van der Waals surface area contributed by atoms with Crippen LogP contribution in [0.4, 0.5) is 0 Å². The van der Waals surface area contributed by atoms with Gasteiger partial charge in [0.05, 0.1) is 5.69 Å². The first kappa shape index (κ1) is 8.91. The highest BCUT2D eigenvalue weighted by Crippen LogP contribution is 2.19. The molecular weight excluding hydrogens is 148 g/mol. The summed E-state index contributed by atoms with van der Waals surface area (Å²) >= 11 is 0. The highest BCUT2D eigenvalue weighted by atomic mass is 14.8. The standard InChI is InChI=1S/C9H10N2.CH4/c1-2-8-7-4-3-5-9(7)11-6-10-8;/h3,5-6H,2,4H2,1H3;1H4. The molecule has 1 aromatic heterocycles. The lowest BCUT2D eigenvalue weighted by Crippen LogP contribution is -1.97. The molecule has 0 N–H and O–H groups in total. The smallest absolute Gasteiger partial charge is 0.116 e. The van der Waals surface area contributed by atoms with Gasteiger partial charge in [0.1, 0.15) is 6.33 Å². The summed E-state index contributed by atoms with van der Waals surface area (Å²) in [7, 11) is 0. The first-order valence-corrected chi connectivity index (χ1v) is 3.91. The fourth-order valence-electron chi connectivity index (χ4n) is 1.42. The molecule has 1 aliphatic rings. The molecular formula is C10H14N2. The predicted octanol–water partition coefficient (Wildman–Crippen LogP) is 2.24. The molecule has 2 rings (SSSR count). The maximum atomic E-state index is 4.22. The van der Waals surface area contributed by atoms with Gasteiger partial charge in [0.25, 0.3) is 0 Å². The maximum absolute atomic E-state index is 4.22. The average Bonchev–Trinajstić information content (AvgIpc) is 2.50. The van der Waals surface area contributed by atoms with Crippen LogP contribution in [0.25, 0.3) is 6.08 Å². The zero-order chi connectivity index (χ0) is 7.68. The lowest BCUT2D eigenvalue weighted by atomic mass is 10.1. The number of fused-ring (bicyclic) bond motifs is 1. The van der Waals surface area contributed by atoms with E-state index in [2.05, 4.69) is 29.0 Å². The molecule has 0 aromatic carbocycles. The van der Waals surface area contributed by atoms with Crippen molar-refractivity contribution in [3.8, 4) is 0 Å². The van der Waals surface area contributed by atoms with Gasteiger partial charge in [-0.1, -0.05) is 20.4 Å². The van der Waals surface area contributed by atoms with E-state index in [0.29, 0.717) is 0 Å². The molecule has 1 aromatic rings. The number of aromatic nitrogens is 2. The molecule has 0 saturated heterocycles. The number of nitrogens with zero attached hydrogens (tertiary/aromatic N) is 2. The lowest BCUT2D eigenvalue weighted by Gasteiger charge is -2.01. The summed E-state index contributed by atoms with van der Waals surface area (Å²) in [6.07, 6.45) is 7.87. The average molecular weight is 162 g/mol. The van der Waals surface area contributed by atoms with E-state index in [1.165, 1.54) is 11.3 Å². The molecule has 0 bridgehead atoms. The Balaban J connectivity index is 0.000000720. The molecule has 2 heteroatoms. The van der Waals surface area contributed by atoms with Crippen LogP contribution in [0.15, 0.2) is 12.4 Å². The van der Waals surface area contributed by atoms with Gasteiger partial charge in [0.15, 0.2) is 0 Å². The first-order valence-electron chi connectivity index (χ1n) is 3.91. The molecule has 0 aliphatic heterocycles. The third-order valence-electron chi connectivity index (χ3n) is 2.00. The molecule has 0 radical (unpaired) electrons. The third-order valence-corrected chi connectivity index (χ3v) is 2.00. The fourth-order valence-corrected chi connectivity index (χ4v) is 1.42. The van der Waals surface area contributed by atoms with Crippen molar-refractivity contribution < 1.29 is 0 Å². The molecule has 0 amide bonds. The van der Waals surface area contributed by atoms with E-state index in [1.54, 1.807) is 6.33 Å². The van der Waals surface area contributed by atoms with Gasteiger partial charge >= 0.3 is 0 Å². The zero-order valence-corrected chi connectivity index (χ0v) is 6.54. The minimum Gasteiger partial charge on any atom is -0.241 e. The molecule has 0 fully saturated rings. The topological polar surface area (TPSA) is 25.8 Å². The Morgan fingerprint density at radius 3 is 3.00 bits per heavy atom. The van der Waals surface area contributed by atoms with Crippen molar-refractivity contribution in [2.45, 2.75) is 27.2 Å². The van der Waals surface area contributed by atoms with Crippen molar-refractivity contribution in [3.05, 3.63) is 29.4 Å². The van der Waals surface area contributed by atoms with Crippen LogP contribution in [0.2, 0.25) is 0 Å². The first-order chi connectivity index (χ1) is 5.42. The number of rotatable bonds is 1. The maximum Gasteiger partial charge on any atom is 0.116 e. The monoisotopic (exact) mass is 162 g/mol. The number of hydrogen-bond acceptors (Lipinski definition) is 2. The lowest BCUT2D eigenvalue weighted by molar-refractivity contribution is 0.953. The van der Waals surface area contributed by atoms with Crippen LogP contribution in [0.5, 0.6) is 0 Å². The normalized spacial score (nSPS) is 12.4. The predicted molar refractivity (Wildman–Crippen MR) is 50.9 cm³/mol. The summed E-state index contributed by atoms with van der Waals surface area (Å²) in [4.78, 5) is 8.39. The quantitative estimate of drug-likeness (QED) is 0.633. The van der Waals surface area contributed by atoms with Crippen LogP contribution < -0.4 is 0 Å². The molecule has 12 heavy (non-hydrogen) atoms. The second-order valence-electron chi connectivity index (χ2n) is 2.64. The summed E-state index contributed by atoms with van der Waals surface area (Å²) in [6.45, 7) is 2.13. The van der Waals surface area contributed by atoms with Crippen molar-refractivity contribution in [2.75, 3.05) is 0 Å². The summed E-state index contributed by atoms with van der Waals surface area (Å²) in [5, 5.41) is 0. The van der Waals surface area contributed by atoms with E-state index in [1.807, 2.05) is 0 Å². The van der Waals surface area contributed by atoms with Gasteiger partial charge < -0.3 is 0 Å². The fraction of sp³-hybridized carbons (Fsp3) is 0.400. The number of aryl methyl sites for hydroxylation is 1. The van der Waals surface area contributed by atoms with Crippen molar-refractivity contribution >= 4 is 6.08 Å². The Morgan fingerprint density at radius 1 is 1.42 bits per heavy atom. The molecule has 0 atom stereocenters.